The molecule has 1 heterocycles. The zero-order valence-electron chi connectivity index (χ0n) is 25.3. The molecule has 0 spiro atoms. The second kappa shape index (κ2) is 13.6. The Labute approximate surface area is 255 Å². The molecule has 232 valence electrons. The fraction of sp³-hybridized carbons (Fsp3) is 0.364. The van der Waals surface area contributed by atoms with Gasteiger partial charge in [-0.1, -0.05) is 12.1 Å². The average molecular weight is 604 g/mol. The molecule has 11 nitrogen and oxygen atoms in total. The number of rotatable bonds is 11. The molecule has 1 aliphatic carbocycles. The Kier molecular flexibility index (Phi) is 9.42. The highest BCUT2D eigenvalue weighted by Crippen LogP contribution is 2.50. The van der Waals surface area contributed by atoms with Crippen molar-refractivity contribution >= 4 is 17.5 Å². The highest BCUT2D eigenvalue weighted by Gasteiger charge is 2.29. The molecule has 11 heteroatoms. The number of carbonyl (C=O) groups excluding carboxylic acids is 2. The fourth-order valence-corrected chi connectivity index (χ4v) is 5.67. The summed E-state index contributed by atoms with van der Waals surface area (Å²) in [5, 5.41) is 9.12. The first-order chi connectivity index (χ1) is 21.3. The predicted octanol–water partition coefficient (Wildman–Crippen LogP) is 4.10. The first kappa shape index (κ1) is 30.5. The van der Waals surface area contributed by atoms with Crippen LogP contribution in [0.4, 0.5) is 5.69 Å². The predicted molar refractivity (Wildman–Crippen MR) is 165 cm³/mol. The Morgan fingerprint density at radius 3 is 2.50 bits per heavy atom. The van der Waals surface area contributed by atoms with Crippen molar-refractivity contribution in [3.8, 4) is 39.9 Å². The number of aryl methyl sites for hydroxylation is 1. The van der Waals surface area contributed by atoms with Crippen molar-refractivity contribution in [3.05, 3.63) is 69.4 Å². The Hall–Kier alpha value is -4.93. The molecule has 5 rings (SSSR count). The summed E-state index contributed by atoms with van der Waals surface area (Å²) in [4.78, 5) is 38.1. The van der Waals surface area contributed by atoms with Crippen LogP contribution in [0.1, 0.15) is 48.9 Å². The molecule has 0 saturated carbocycles. The van der Waals surface area contributed by atoms with Crippen LogP contribution in [0.2, 0.25) is 0 Å². The van der Waals surface area contributed by atoms with Gasteiger partial charge in [0, 0.05) is 32.0 Å². The number of nitrogens with one attached hydrogen (secondary N) is 3. The lowest BCUT2D eigenvalue weighted by Gasteiger charge is -2.19. The first-order valence-electron chi connectivity index (χ1n) is 14.5. The number of hydrogen-bond donors (Lipinski definition) is 3. The molecule has 0 bridgehead atoms. The highest BCUT2D eigenvalue weighted by atomic mass is 16.7. The lowest BCUT2D eigenvalue weighted by Crippen LogP contribution is -2.26. The summed E-state index contributed by atoms with van der Waals surface area (Å²) in [6.07, 6.45) is 2.00. The summed E-state index contributed by atoms with van der Waals surface area (Å²) in [5.41, 5.74) is 4.26. The third-order valence-electron chi connectivity index (χ3n) is 7.74. The van der Waals surface area contributed by atoms with Crippen LogP contribution in [-0.4, -0.2) is 46.5 Å². The third-order valence-corrected chi connectivity index (χ3v) is 7.74. The van der Waals surface area contributed by atoms with Crippen LogP contribution in [0.15, 0.2) is 47.3 Å². The molecule has 2 aliphatic rings. The van der Waals surface area contributed by atoms with Crippen molar-refractivity contribution in [2.45, 2.75) is 45.2 Å². The number of fused-ring (bicyclic) bond motifs is 4. The lowest BCUT2D eigenvalue weighted by atomic mass is 9.95. The van der Waals surface area contributed by atoms with Gasteiger partial charge in [-0.05, 0) is 71.8 Å². The van der Waals surface area contributed by atoms with E-state index in [1.54, 1.807) is 33.5 Å². The maximum absolute atomic E-state index is 13.4. The molecule has 0 saturated heterocycles. The number of methoxy groups -OCH3 is 3. The first-order valence-corrected chi connectivity index (χ1v) is 14.5. The van der Waals surface area contributed by atoms with Gasteiger partial charge in [0.25, 0.3) is 0 Å². The molecule has 3 N–H and O–H groups in total. The van der Waals surface area contributed by atoms with E-state index in [-0.39, 0.29) is 30.5 Å². The van der Waals surface area contributed by atoms with Gasteiger partial charge >= 0.3 is 0 Å². The third kappa shape index (κ3) is 6.51. The minimum absolute atomic E-state index is 0.0941. The number of carbonyl (C=O) groups is 2. The van der Waals surface area contributed by atoms with Gasteiger partial charge < -0.3 is 39.6 Å². The van der Waals surface area contributed by atoms with Crippen molar-refractivity contribution in [2.24, 2.45) is 0 Å². The molecule has 1 aliphatic heterocycles. The molecule has 0 fully saturated rings. The van der Waals surface area contributed by atoms with Crippen LogP contribution >= 0.6 is 0 Å². The van der Waals surface area contributed by atoms with Gasteiger partial charge in [0.15, 0.2) is 23.0 Å². The van der Waals surface area contributed by atoms with Gasteiger partial charge in [-0.25, -0.2) is 0 Å². The van der Waals surface area contributed by atoms with E-state index < -0.39 is 6.04 Å². The van der Waals surface area contributed by atoms with Crippen molar-refractivity contribution in [1.29, 1.82) is 0 Å². The summed E-state index contributed by atoms with van der Waals surface area (Å²) in [7, 11) is 4.68. The van der Waals surface area contributed by atoms with Crippen molar-refractivity contribution < 1.29 is 33.3 Å². The maximum Gasteiger partial charge on any atom is 0.231 e. The van der Waals surface area contributed by atoms with Crippen LogP contribution in [0.5, 0.6) is 28.7 Å². The standard InChI is InChI=1S/C33H37N3O8/c1-19(37)36-24-10-8-21-15-29(40-2)32(41-3)33(42-4)31(21)22-9-11-25(26(38)16-23(22)24)34-13-5-6-30(39)35-17-20-7-12-27-28(14-20)44-18-43-27/h7,9,11-12,14-16,24H,5-6,8,10,13,17-18H2,1-4H3,(H,34,38)(H,35,39)(H,36,37)/t24-/m0/s1. The van der Waals surface area contributed by atoms with E-state index in [4.69, 9.17) is 23.7 Å². The second-order valence-corrected chi connectivity index (χ2v) is 10.6. The summed E-state index contributed by atoms with van der Waals surface area (Å²) in [6.45, 7) is 2.46. The van der Waals surface area contributed by atoms with Crippen molar-refractivity contribution in [1.82, 2.24) is 10.6 Å². The Bertz CT molecular complexity index is 1620. The van der Waals surface area contributed by atoms with E-state index >= 15 is 0 Å². The fourth-order valence-electron chi connectivity index (χ4n) is 5.67. The van der Waals surface area contributed by atoms with Crippen molar-refractivity contribution in [2.75, 3.05) is 40.0 Å². The van der Waals surface area contributed by atoms with Crippen molar-refractivity contribution in [3.63, 3.8) is 0 Å². The average Bonchev–Trinajstić information content (AvgIpc) is 3.37. The quantitative estimate of drug-likeness (QED) is 0.277. The Morgan fingerprint density at radius 1 is 0.955 bits per heavy atom. The largest absolute Gasteiger partial charge is 0.493 e. The van der Waals surface area contributed by atoms with Gasteiger partial charge in [-0.15, -0.1) is 0 Å². The summed E-state index contributed by atoms with van der Waals surface area (Å²) in [6, 6.07) is 12.3. The van der Waals surface area contributed by atoms with E-state index in [9.17, 15) is 14.4 Å². The van der Waals surface area contributed by atoms with E-state index in [2.05, 4.69) is 16.0 Å². The lowest BCUT2D eigenvalue weighted by molar-refractivity contribution is -0.121. The van der Waals surface area contributed by atoms with E-state index in [0.29, 0.717) is 72.4 Å². The maximum atomic E-state index is 13.4. The van der Waals surface area contributed by atoms with E-state index in [1.165, 1.54) is 6.92 Å². The van der Waals surface area contributed by atoms with Crippen LogP contribution < -0.4 is 45.1 Å². The minimum Gasteiger partial charge on any atom is -0.493 e. The normalized spacial score (nSPS) is 14.4. The van der Waals surface area contributed by atoms with Gasteiger partial charge in [-0.2, -0.15) is 0 Å². The zero-order valence-corrected chi connectivity index (χ0v) is 25.3. The molecule has 3 aromatic carbocycles. The smallest absolute Gasteiger partial charge is 0.231 e. The molecule has 0 radical (unpaired) electrons. The minimum atomic E-state index is -0.391. The zero-order chi connectivity index (χ0) is 31.2. The van der Waals surface area contributed by atoms with Crippen LogP contribution in [-0.2, 0) is 22.6 Å². The molecule has 0 unspecified atom stereocenters. The van der Waals surface area contributed by atoms with Gasteiger partial charge in [0.2, 0.25) is 29.8 Å². The molecular formula is C33H37N3O8. The van der Waals surface area contributed by atoms with E-state index in [0.717, 1.165) is 22.3 Å². The molecule has 2 amide bonds. The van der Waals surface area contributed by atoms with Crippen LogP contribution in [0, 0.1) is 0 Å². The van der Waals surface area contributed by atoms with Gasteiger partial charge in [0.05, 0.1) is 33.1 Å². The monoisotopic (exact) mass is 603 g/mol. The Morgan fingerprint density at radius 2 is 1.75 bits per heavy atom. The summed E-state index contributed by atoms with van der Waals surface area (Å²) >= 11 is 0. The Balaban J connectivity index is 1.33. The van der Waals surface area contributed by atoms with E-state index in [1.807, 2.05) is 30.3 Å². The topological polar surface area (TPSA) is 133 Å². The number of hydrogen-bond acceptors (Lipinski definition) is 9. The highest BCUT2D eigenvalue weighted by molar-refractivity contribution is 5.84. The summed E-state index contributed by atoms with van der Waals surface area (Å²) in [5.74, 6) is 2.56. The molecule has 1 atom stereocenters. The molecule has 44 heavy (non-hydrogen) atoms. The molecule has 0 aromatic heterocycles. The number of anilines is 1. The second-order valence-electron chi connectivity index (χ2n) is 10.6. The number of ether oxygens (including phenoxy) is 5. The number of benzene rings is 2. The SMILES string of the molecule is COc1cc2c(c(OC)c1OC)-c1ccc(NCCCC(=O)NCc3ccc4c(c3)OCO4)c(=O)cc1[C@@H](NC(C)=O)CC2. The molecular weight excluding hydrogens is 566 g/mol. The van der Waals surface area contributed by atoms with Crippen LogP contribution in [0.25, 0.3) is 11.1 Å². The van der Waals surface area contributed by atoms with Crippen LogP contribution in [0.3, 0.4) is 0 Å². The molecule has 3 aromatic rings. The van der Waals surface area contributed by atoms with Gasteiger partial charge in [0.1, 0.15) is 0 Å². The number of amides is 2. The van der Waals surface area contributed by atoms with Gasteiger partial charge in [-0.3, -0.25) is 14.4 Å². The summed E-state index contributed by atoms with van der Waals surface area (Å²) < 4.78 is 27.8.